The molecule has 30 heavy (non-hydrogen) atoms. The lowest BCUT2D eigenvalue weighted by Gasteiger charge is -2.39. The molecular formula is C24H35N2O3P. The Hall–Kier alpha value is -1.68. The summed E-state index contributed by atoms with van der Waals surface area (Å²) in [4.78, 5) is 6.10. The second-order valence-electron chi connectivity index (χ2n) is 9.14. The molecule has 1 aromatic heterocycles. The van der Waals surface area contributed by atoms with Gasteiger partial charge < -0.3 is 14.5 Å². The van der Waals surface area contributed by atoms with Crippen molar-refractivity contribution < 1.29 is 14.2 Å². The molecule has 0 bridgehead atoms. The van der Waals surface area contributed by atoms with E-state index in [4.69, 9.17) is 4.52 Å². The highest BCUT2D eigenvalue weighted by Crippen LogP contribution is 2.60. The van der Waals surface area contributed by atoms with Crippen molar-refractivity contribution >= 4 is 18.4 Å². The molecule has 0 aliphatic heterocycles. The minimum atomic E-state index is -3.61. The van der Waals surface area contributed by atoms with Gasteiger partial charge in [0, 0.05) is 43.0 Å². The van der Waals surface area contributed by atoms with Gasteiger partial charge in [0.05, 0.1) is 6.10 Å². The largest absolute Gasteiger partial charge is 0.378 e. The van der Waals surface area contributed by atoms with E-state index in [1.807, 2.05) is 43.3 Å². The van der Waals surface area contributed by atoms with Gasteiger partial charge in [-0.25, -0.2) is 0 Å². The number of aromatic nitrogens is 1. The average Bonchev–Trinajstić information content (AvgIpc) is 2.73. The van der Waals surface area contributed by atoms with Crippen molar-refractivity contribution in [2.45, 2.75) is 52.0 Å². The van der Waals surface area contributed by atoms with E-state index in [1.165, 1.54) is 0 Å². The Bertz CT molecular complexity index is 855. The lowest BCUT2D eigenvalue weighted by molar-refractivity contribution is 0.0427. The lowest BCUT2D eigenvalue weighted by atomic mass is 9.75. The molecule has 164 valence electrons. The zero-order valence-electron chi connectivity index (χ0n) is 18.7. The summed E-state index contributed by atoms with van der Waals surface area (Å²) in [6.07, 6.45) is 6.16. The summed E-state index contributed by atoms with van der Waals surface area (Å²) in [7, 11) is 0.319. The molecule has 5 nitrogen and oxygen atoms in total. The summed E-state index contributed by atoms with van der Waals surface area (Å²) in [6.45, 7) is 6.62. The van der Waals surface area contributed by atoms with E-state index >= 15 is 0 Å². The number of aliphatic hydroxyl groups excluding tert-OH is 1. The minimum absolute atomic E-state index is 0.139. The number of hydrogen-bond donors (Lipinski definition) is 1. The van der Waals surface area contributed by atoms with Gasteiger partial charge in [0.2, 0.25) is 0 Å². The van der Waals surface area contributed by atoms with Crippen LogP contribution in [0.1, 0.15) is 51.4 Å². The van der Waals surface area contributed by atoms with Gasteiger partial charge in [-0.15, -0.1) is 0 Å². The Morgan fingerprint density at radius 3 is 2.43 bits per heavy atom. The first kappa shape index (κ1) is 23.0. The van der Waals surface area contributed by atoms with Crippen LogP contribution in [0.2, 0.25) is 0 Å². The molecule has 0 spiro atoms. The number of nitrogens with zero attached hydrogens (tertiary/aromatic N) is 2. The van der Waals surface area contributed by atoms with Crippen LogP contribution in [0.15, 0.2) is 48.8 Å². The fourth-order valence-corrected chi connectivity index (χ4v) is 6.65. The maximum atomic E-state index is 14.4. The van der Waals surface area contributed by atoms with Gasteiger partial charge in [0.1, 0.15) is 0 Å². The van der Waals surface area contributed by atoms with Gasteiger partial charge in [0.25, 0.3) is 7.37 Å². The average molecular weight is 431 g/mol. The van der Waals surface area contributed by atoms with Gasteiger partial charge in [-0.1, -0.05) is 33.3 Å². The summed E-state index contributed by atoms with van der Waals surface area (Å²) >= 11 is 0. The third-order valence-electron chi connectivity index (χ3n) is 6.28. The molecule has 5 atom stereocenters. The fourth-order valence-electron chi connectivity index (χ4n) is 4.38. The molecule has 3 rings (SSSR count). The number of rotatable bonds is 7. The molecule has 6 heteroatoms. The van der Waals surface area contributed by atoms with Crippen molar-refractivity contribution in [3.05, 3.63) is 54.4 Å². The fraction of sp³-hybridized carbons (Fsp3) is 0.542. The number of hydrogen-bond acceptors (Lipinski definition) is 5. The molecule has 1 aliphatic rings. The summed E-state index contributed by atoms with van der Waals surface area (Å²) in [6, 6.07) is 11.0. The molecule has 2 aromatic rings. The van der Waals surface area contributed by atoms with Crippen LogP contribution in [-0.2, 0) is 9.09 Å². The zero-order chi connectivity index (χ0) is 21.9. The standard InChI is InChI=1S/C24H35N2O3P/c1-17(2)22-13-8-18(3)15-23(22)29-30(28,24(27)19-7-6-14-25-16-19)21-11-9-20(10-12-21)26(4)5/h6-7,9-12,14,16-18,22-24,27H,8,13,15H2,1-5H3/t18-,22+,23+,24-,30-/m0/s1. The third kappa shape index (κ3) is 4.96. The summed E-state index contributed by atoms with van der Waals surface area (Å²) in [5, 5.41) is 11.8. The van der Waals surface area contributed by atoms with Gasteiger partial charge in [-0.05, 0) is 60.9 Å². The highest BCUT2D eigenvalue weighted by molar-refractivity contribution is 7.67. The van der Waals surface area contributed by atoms with Gasteiger partial charge in [-0.3, -0.25) is 9.55 Å². The quantitative estimate of drug-likeness (QED) is 0.610. The van der Waals surface area contributed by atoms with Gasteiger partial charge in [0.15, 0.2) is 5.85 Å². The predicted molar refractivity (Wildman–Crippen MR) is 123 cm³/mol. The smallest absolute Gasteiger partial charge is 0.264 e. The number of anilines is 1. The van der Waals surface area contributed by atoms with Crippen LogP contribution in [0.4, 0.5) is 5.69 Å². The molecular weight excluding hydrogens is 395 g/mol. The van der Waals surface area contributed by atoms with E-state index in [1.54, 1.807) is 24.5 Å². The van der Waals surface area contributed by atoms with Crippen LogP contribution in [0.3, 0.4) is 0 Å². The van der Waals surface area contributed by atoms with Crippen molar-refractivity contribution in [3.8, 4) is 0 Å². The van der Waals surface area contributed by atoms with Gasteiger partial charge >= 0.3 is 0 Å². The molecule has 0 unspecified atom stereocenters. The topological polar surface area (TPSA) is 62.7 Å². The second kappa shape index (κ2) is 9.64. The molecule has 1 heterocycles. The zero-order valence-corrected chi connectivity index (χ0v) is 19.6. The molecule has 1 saturated carbocycles. The number of benzene rings is 1. The monoisotopic (exact) mass is 430 g/mol. The van der Waals surface area contributed by atoms with E-state index in [0.29, 0.717) is 28.6 Å². The molecule has 1 aliphatic carbocycles. The van der Waals surface area contributed by atoms with Crippen molar-refractivity contribution in [1.29, 1.82) is 0 Å². The van der Waals surface area contributed by atoms with Crippen LogP contribution < -0.4 is 10.2 Å². The third-order valence-corrected chi connectivity index (χ3v) is 8.83. The maximum Gasteiger partial charge on any atom is 0.264 e. The first-order chi connectivity index (χ1) is 14.2. The SMILES string of the molecule is CC(C)[C@H]1CC[C@H](C)C[C@H]1O[P@@](=O)(c1ccc(N(C)C)cc1)[C@H](O)c1cccnc1. The molecule has 0 radical (unpaired) electrons. The molecule has 1 fully saturated rings. The van der Waals surface area contributed by atoms with Gasteiger partial charge in [-0.2, -0.15) is 0 Å². The van der Waals surface area contributed by atoms with E-state index in [9.17, 15) is 9.67 Å². The van der Waals surface area contributed by atoms with Crippen molar-refractivity contribution in [1.82, 2.24) is 4.98 Å². The van der Waals surface area contributed by atoms with Crippen LogP contribution in [0.25, 0.3) is 0 Å². The highest BCUT2D eigenvalue weighted by Gasteiger charge is 2.42. The van der Waals surface area contributed by atoms with Crippen molar-refractivity contribution in [3.63, 3.8) is 0 Å². The predicted octanol–water partition coefficient (Wildman–Crippen LogP) is 5.22. The Labute approximate surface area is 180 Å². The van der Waals surface area contributed by atoms with Crippen molar-refractivity contribution in [2.75, 3.05) is 19.0 Å². The molecule has 1 aromatic carbocycles. The summed E-state index contributed by atoms with van der Waals surface area (Å²) < 4.78 is 20.9. The minimum Gasteiger partial charge on any atom is -0.378 e. The Balaban J connectivity index is 2.01. The molecule has 0 saturated heterocycles. The van der Waals surface area contributed by atoms with E-state index in [0.717, 1.165) is 24.9 Å². The Morgan fingerprint density at radius 1 is 1.17 bits per heavy atom. The maximum absolute atomic E-state index is 14.4. The van der Waals surface area contributed by atoms with Crippen LogP contribution in [0, 0.1) is 17.8 Å². The Kier molecular flexibility index (Phi) is 7.38. The number of pyridine rings is 1. The van der Waals surface area contributed by atoms with E-state index in [2.05, 4.69) is 25.8 Å². The summed E-state index contributed by atoms with van der Waals surface area (Å²) in [5.74, 6) is 0.0332. The van der Waals surface area contributed by atoms with E-state index < -0.39 is 13.2 Å². The normalized spacial score (nSPS) is 25.0. The number of aliphatic hydroxyl groups is 1. The highest BCUT2D eigenvalue weighted by atomic mass is 31.2. The lowest BCUT2D eigenvalue weighted by Crippen LogP contribution is -2.35. The van der Waals surface area contributed by atoms with E-state index in [-0.39, 0.29) is 6.10 Å². The van der Waals surface area contributed by atoms with Crippen molar-refractivity contribution in [2.24, 2.45) is 17.8 Å². The molecule has 0 amide bonds. The Morgan fingerprint density at radius 2 is 1.87 bits per heavy atom. The summed E-state index contributed by atoms with van der Waals surface area (Å²) in [5.41, 5.74) is 1.52. The second-order valence-corrected chi connectivity index (χ2v) is 11.5. The van der Waals surface area contributed by atoms with Crippen LogP contribution >= 0.6 is 7.37 Å². The van der Waals surface area contributed by atoms with Crippen LogP contribution in [-0.4, -0.2) is 30.3 Å². The van der Waals surface area contributed by atoms with Crippen LogP contribution in [0.5, 0.6) is 0 Å². The molecule has 1 N–H and O–H groups in total. The first-order valence-corrected chi connectivity index (χ1v) is 12.6. The first-order valence-electron chi connectivity index (χ1n) is 10.9.